The monoisotopic (exact) mass is 281 g/mol. The van der Waals surface area contributed by atoms with E-state index in [-0.39, 0.29) is 0 Å². The second kappa shape index (κ2) is 7.79. The molecule has 0 saturated heterocycles. The lowest BCUT2D eigenvalue weighted by Gasteiger charge is -2.38. The number of hydrogen-bond acceptors (Lipinski definition) is 2. The smallest absolute Gasteiger partial charge is 0.0771 e. The molecule has 0 amide bonds. The highest BCUT2D eigenvalue weighted by atomic mass is 16.3. The maximum atomic E-state index is 10.7. The summed E-state index contributed by atoms with van der Waals surface area (Å²) < 4.78 is 0. The predicted molar refractivity (Wildman–Crippen MR) is 85.9 cm³/mol. The Hall–Kier alpha value is -0.0800. The molecule has 0 aromatic rings. The molecule has 2 aliphatic rings. The molecule has 0 heterocycles. The van der Waals surface area contributed by atoms with Crippen molar-refractivity contribution in [2.75, 3.05) is 6.54 Å². The zero-order valence-corrected chi connectivity index (χ0v) is 13.7. The van der Waals surface area contributed by atoms with Crippen LogP contribution in [0.15, 0.2) is 0 Å². The quantitative estimate of drug-likeness (QED) is 0.762. The molecule has 0 atom stereocenters. The van der Waals surface area contributed by atoms with Gasteiger partial charge in [0.05, 0.1) is 5.60 Å². The number of rotatable bonds is 6. The molecule has 2 fully saturated rings. The van der Waals surface area contributed by atoms with Crippen LogP contribution in [-0.2, 0) is 0 Å². The van der Waals surface area contributed by atoms with E-state index in [1.165, 1.54) is 57.8 Å². The summed E-state index contributed by atoms with van der Waals surface area (Å²) in [4.78, 5) is 0. The topological polar surface area (TPSA) is 32.3 Å². The van der Waals surface area contributed by atoms with Gasteiger partial charge < -0.3 is 10.4 Å². The van der Waals surface area contributed by atoms with Crippen molar-refractivity contribution >= 4 is 0 Å². The molecule has 2 aliphatic carbocycles. The van der Waals surface area contributed by atoms with Crippen LogP contribution in [0, 0.1) is 11.8 Å². The Bertz CT molecular complexity index is 263. The molecule has 0 aliphatic heterocycles. The maximum Gasteiger partial charge on any atom is 0.0771 e. The predicted octanol–water partition coefficient (Wildman–Crippen LogP) is 4.27. The molecule has 2 N–H and O–H groups in total. The van der Waals surface area contributed by atoms with Crippen LogP contribution in [0.2, 0.25) is 0 Å². The van der Waals surface area contributed by atoms with Gasteiger partial charge in [-0.05, 0) is 63.2 Å². The molecule has 2 heteroatoms. The van der Waals surface area contributed by atoms with Crippen LogP contribution in [0.5, 0.6) is 0 Å². The van der Waals surface area contributed by atoms with E-state index in [1.807, 2.05) is 0 Å². The van der Waals surface area contributed by atoms with E-state index >= 15 is 0 Å². The number of aliphatic hydroxyl groups is 1. The van der Waals surface area contributed by atoms with Crippen LogP contribution in [0.3, 0.4) is 0 Å². The lowest BCUT2D eigenvalue weighted by Crippen LogP contribution is -2.47. The van der Waals surface area contributed by atoms with E-state index in [2.05, 4.69) is 19.2 Å². The molecule has 20 heavy (non-hydrogen) atoms. The summed E-state index contributed by atoms with van der Waals surface area (Å²) in [5.41, 5.74) is -0.411. The molecule has 0 radical (unpaired) electrons. The summed E-state index contributed by atoms with van der Waals surface area (Å²) in [5, 5.41) is 14.4. The average Bonchev–Trinajstić information content (AvgIpc) is 2.48. The summed E-state index contributed by atoms with van der Waals surface area (Å²) in [6.07, 6.45) is 13.9. The van der Waals surface area contributed by atoms with Crippen molar-refractivity contribution in [1.82, 2.24) is 5.32 Å². The van der Waals surface area contributed by atoms with E-state index in [4.69, 9.17) is 0 Å². The van der Waals surface area contributed by atoms with Gasteiger partial charge in [0.1, 0.15) is 0 Å². The molecule has 0 aromatic carbocycles. The lowest BCUT2D eigenvalue weighted by atomic mass is 9.77. The highest BCUT2D eigenvalue weighted by molar-refractivity contribution is 4.89. The molecule has 0 bridgehead atoms. The van der Waals surface area contributed by atoms with E-state index in [0.29, 0.717) is 6.04 Å². The molecule has 118 valence electrons. The van der Waals surface area contributed by atoms with Crippen LogP contribution in [0.1, 0.15) is 84.5 Å². The molecule has 0 unspecified atom stereocenters. The van der Waals surface area contributed by atoms with E-state index < -0.39 is 5.60 Å². The van der Waals surface area contributed by atoms with E-state index in [1.54, 1.807) is 0 Å². The fourth-order valence-corrected chi connectivity index (χ4v) is 4.20. The standard InChI is InChI=1S/C18H35NO/c1-3-5-16-6-8-17(9-7-16)19-14-18(20)12-10-15(4-2)11-13-18/h15-17,19-20H,3-14H2,1-2H3. The van der Waals surface area contributed by atoms with Gasteiger partial charge in [0.2, 0.25) is 0 Å². The summed E-state index contributed by atoms with van der Waals surface area (Å²) >= 11 is 0. The van der Waals surface area contributed by atoms with Gasteiger partial charge in [-0.1, -0.05) is 33.1 Å². The molecular formula is C18H35NO. The first-order chi connectivity index (χ1) is 9.65. The van der Waals surface area contributed by atoms with Crippen molar-refractivity contribution in [3.05, 3.63) is 0 Å². The Morgan fingerprint density at radius 2 is 1.60 bits per heavy atom. The molecule has 0 spiro atoms. The zero-order chi connectivity index (χ0) is 14.4. The largest absolute Gasteiger partial charge is 0.389 e. The second-order valence-corrected chi connectivity index (χ2v) is 7.46. The van der Waals surface area contributed by atoms with Crippen molar-refractivity contribution < 1.29 is 5.11 Å². The fraction of sp³-hybridized carbons (Fsp3) is 1.00. The van der Waals surface area contributed by atoms with Crippen LogP contribution >= 0.6 is 0 Å². The Balaban J connectivity index is 1.65. The first kappa shape index (κ1) is 16.3. The Morgan fingerprint density at radius 3 is 2.15 bits per heavy atom. The number of nitrogens with one attached hydrogen (secondary N) is 1. The third-order valence-electron chi connectivity index (χ3n) is 5.88. The van der Waals surface area contributed by atoms with E-state index in [0.717, 1.165) is 31.2 Å². The van der Waals surface area contributed by atoms with Crippen LogP contribution < -0.4 is 5.32 Å². The summed E-state index contributed by atoms with van der Waals surface area (Å²) in [6.45, 7) is 5.40. The molecule has 2 rings (SSSR count). The van der Waals surface area contributed by atoms with Crippen LogP contribution in [-0.4, -0.2) is 23.3 Å². The minimum atomic E-state index is -0.411. The first-order valence-corrected chi connectivity index (χ1v) is 9.11. The zero-order valence-electron chi connectivity index (χ0n) is 13.7. The molecular weight excluding hydrogens is 246 g/mol. The van der Waals surface area contributed by atoms with Gasteiger partial charge in [0.25, 0.3) is 0 Å². The van der Waals surface area contributed by atoms with Gasteiger partial charge in [0, 0.05) is 12.6 Å². The van der Waals surface area contributed by atoms with Crippen molar-refractivity contribution in [2.45, 2.75) is 96.1 Å². The van der Waals surface area contributed by atoms with Crippen molar-refractivity contribution in [3.8, 4) is 0 Å². The van der Waals surface area contributed by atoms with Crippen LogP contribution in [0.4, 0.5) is 0 Å². The van der Waals surface area contributed by atoms with Gasteiger partial charge in [-0.15, -0.1) is 0 Å². The third-order valence-corrected chi connectivity index (χ3v) is 5.88. The van der Waals surface area contributed by atoms with Gasteiger partial charge in [-0.3, -0.25) is 0 Å². The normalized spacial score (nSPS) is 38.9. The third kappa shape index (κ3) is 4.73. The van der Waals surface area contributed by atoms with Crippen molar-refractivity contribution in [1.29, 1.82) is 0 Å². The van der Waals surface area contributed by atoms with Gasteiger partial charge >= 0.3 is 0 Å². The van der Waals surface area contributed by atoms with E-state index in [9.17, 15) is 5.11 Å². The summed E-state index contributed by atoms with van der Waals surface area (Å²) in [6, 6.07) is 0.663. The average molecular weight is 281 g/mol. The molecule has 2 saturated carbocycles. The maximum absolute atomic E-state index is 10.7. The van der Waals surface area contributed by atoms with Gasteiger partial charge in [-0.25, -0.2) is 0 Å². The minimum Gasteiger partial charge on any atom is -0.389 e. The Labute approximate surface area is 125 Å². The SMILES string of the molecule is CCCC1CCC(NCC2(O)CCC(CC)CC2)CC1. The van der Waals surface area contributed by atoms with Crippen molar-refractivity contribution in [3.63, 3.8) is 0 Å². The van der Waals surface area contributed by atoms with Gasteiger partial charge in [-0.2, -0.15) is 0 Å². The minimum absolute atomic E-state index is 0.411. The Kier molecular flexibility index (Phi) is 6.35. The summed E-state index contributed by atoms with van der Waals surface area (Å²) in [7, 11) is 0. The van der Waals surface area contributed by atoms with Gasteiger partial charge in [0.15, 0.2) is 0 Å². The number of hydrogen-bond donors (Lipinski definition) is 2. The van der Waals surface area contributed by atoms with Crippen LogP contribution in [0.25, 0.3) is 0 Å². The highest BCUT2D eigenvalue weighted by Crippen LogP contribution is 2.34. The highest BCUT2D eigenvalue weighted by Gasteiger charge is 2.33. The molecule has 0 aromatic heterocycles. The van der Waals surface area contributed by atoms with Crippen molar-refractivity contribution in [2.24, 2.45) is 11.8 Å². The first-order valence-electron chi connectivity index (χ1n) is 9.11. The summed E-state index contributed by atoms with van der Waals surface area (Å²) in [5.74, 6) is 1.83. The second-order valence-electron chi connectivity index (χ2n) is 7.46. The fourth-order valence-electron chi connectivity index (χ4n) is 4.20. The Morgan fingerprint density at radius 1 is 0.950 bits per heavy atom. The lowest BCUT2D eigenvalue weighted by molar-refractivity contribution is -0.0118. The molecule has 2 nitrogen and oxygen atoms in total.